The number of anilines is 1. The molecule has 1 amide bonds. The van der Waals surface area contributed by atoms with Gasteiger partial charge in [0.1, 0.15) is 5.69 Å². The van der Waals surface area contributed by atoms with Gasteiger partial charge < -0.3 is 16.2 Å². The van der Waals surface area contributed by atoms with Crippen molar-refractivity contribution in [3.63, 3.8) is 0 Å². The summed E-state index contributed by atoms with van der Waals surface area (Å²) >= 11 is 0. The predicted molar refractivity (Wildman–Crippen MR) is 80.8 cm³/mol. The molecule has 1 aromatic heterocycles. The fourth-order valence-corrected chi connectivity index (χ4v) is 2.12. The molecule has 0 aliphatic heterocycles. The number of hydrogen-bond donors (Lipinski definition) is 3. The van der Waals surface area contributed by atoms with Crippen LogP contribution in [0.3, 0.4) is 0 Å². The van der Waals surface area contributed by atoms with Crippen LogP contribution in [0.4, 0.5) is 5.69 Å². The van der Waals surface area contributed by atoms with Gasteiger partial charge in [-0.25, -0.2) is 4.98 Å². The number of carbonyl (C=O) groups excluding carboxylic acids is 1. The van der Waals surface area contributed by atoms with Gasteiger partial charge in [0, 0.05) is 13.0 Å². The van der Waals surface area contributed by atoms with E-state index in [0.717, 1.165) is 6.42 Å². The first-order chi connectivity index (χ1) is 9.90. The van der Waals surface area contributed by atoms with Gasteiger partial charge >= 0.3 is 5.97 Å². The Labute approximate surface area is 124 Å². The van der Waals surface area contributed by atoms with Crippen LogP contribution in [0.5, 0.6) is 0 Å². The first-order valence-corrected chi connectivity index (χ1v) is 7.11. The Balaban J connectivity index is 2.40. The van der Waals surface area contributed by atoms with Gasteiger partial charge in [-0.05, 0) is 36.8 Å². The number of carboxylic acid groups (broad SMARTS) is 1. The van der Waals surface area contributed by atoms with Crippen molar-refractivity contribution < 1.29 is 14.7 Å². The quantitative estimate of drug-likeness (QED) is 0.679. The zero-order valence-corrected chi connectivity index (χ0v) is 12.5. The first-order valence-electron chi connectivity index (χ1n) is 7.11. The number of rotatable bonds is 8. The lowest BCUT2D eigenvalue weighted by atomic mass is 9.88. The molecule has 0 fully saturated rings. The molecule has 4 N–H and O–H groups in total. The summed E-state index contributed by atoms with van der Waals surface area (Å²) < 4.78 is 0. The maximum atomic E-state index is 11.9. The molecule has 0 saturated heterocycles. The van der Waals surface area contributed by atoms with Crippen LogP contribution in [-0.2, 0) is 4.79 Å². The first kappa shape index (κ1) is 16.9. The average Bonchev–Trinajstić information content (AvgIpc) is 2.42. The van der Waals surface area contributed by atoms with Crippen molar-refractivity contribution in [1.29, 1.82) is 0 Å². The number of amides is 1. The molecule has 0 spiro atoms. The molecule has 1 heterocycles. The summed E-state index contributed by atoms with van der Waals surface area (Å²) in [4.78, 5) is 26.5. The summed E-state index contributed by atoms with van der Waals surface area (Å²) in [6, 6.07) is 3.21. The topological polar surface area (TPSA) is 105 Å². The van der Waals surface area contributed by atoms with Crippen LogP contribution in [-0.4, -0.2) is 28.5 Å². The predicted octanol–water partition coefficient (Wildman–Crippen LogP) is 1.92. The Bertz CT molecular complexity index is 472. The van der Waals surface area contributed by atoms with Gasteiger partial charge in [0.25, 0.3) is 5.91 Å². The molecule has 0 aromatic carbocycles. The Morgan fingerprint density at radius 2 is 2.05 bits per heavy atom. The second-order valence-electron chi connectivity index (χ2n) is 5.46. The van der Waals surface area contributed by atoms with Gasteiger partial charge in [-0.3, -0.25) is 9.59 Å². The van der Waals surface area contributed by atoms with Crippen molar-refractivity contribution in [3.05, 3.63) is 24.0 Å². The number of carboxylic acids is 1. The molecule has 1 rings (SSSR count). The second kappa shape index (κ2) is 8.24. The van der Waals surface area contributed by atoms with Crippen LogP contribution in [0.1, 0.15) is 43.6 Å². The minimum absolute atomic E-state index is 0.163. The van der Waals surface area contributed by atoms with E-state index in [9.17, 15) is 9.59 Å². The smallest absolute Gasteiger partial charge is 0.303 e. The summed E-state index contributed by atoms with van der Waals surface area (Å²) in [6.45, 7) is 4.64. The van der Waals surface area contributed by atoms with Crippen LogP contribution >= 0.6 is 0 Å². The summed E-state index contributed by atoms with van der Waals surface area (Å²) in [5, 5.41) is 11.5. The van der Waals surface area contributed by atoms with Crippen molar-refractivity contribution in [3.8, 4) is 0 Å². The molecule has 1 unspecified atom stereocenters. The summed E-state index contributed by atoms with van der Waals surface area (Å²) in [7, 11) is 0. The van der Waals surface area contributed by atoms with Crippen LogP contribution in [0, 0.1) is 11.8 Å². The second-order valence-corrected chi connectivity index (χ2v) is 5.46. The van der Waals surface area contributed by atoms with Crippen molar-refractivity contribution in [2.45, 2.75) is 33.1 Å². The van der Waals surface area contributed by atoms with E-state index >= 15 is 0 Å². The standard InChI is InChI=1S/C15H23N3O3/c1-10(2)11(3-6-14(19)20)7-8-17-15(21)13-5-4-12(16)9-18-13/h4-5,9-11H,3,6-8,16H2,1-2H3,(H,17,21)(H,19,20). The molecule has 21 heavy (non-hydrogen) atoms. The SMILES string of the molecule is CC(C)C(CCNC(=O)c1ccc(N)cn1)CCC(=O)O. The van der Waals surface area contributed by atoms with Crippen molar-refractivity contribution in [2.24, 2.45) is 11.8 Å². The van der Waals surface area contributed by atoms with Gasteiger partial charge in [-0.2, -0.15) is 0 Å². The molecule has 1 atom stereocenters. The molecular formula is C15H23N3O3. The highest BCUT2D eigenvalue weighted by Crippen LogP contribution is 2.20. The summed E-state index contributed by atoms with van der Waals surface area (Å²) in [5.74, 6) is -0.358. The number of pyridine rings is 1. The van der Waals surface area contributed by atoms with E-state index in [1.807, 2.05) is 0 Å². The van der Waals surface area contributed by atoms with Gasteiger partial charge in [0.2, 0.25) is 0 Å². The monoisotopic (exact) mass is 293 g/mol. The molecule has 6 nitrogen and oxygen atoms in total. The molecule has 0 aliphatic rings. The number of nitrogens with two attached hydrogens (primary N) is 1. The molecule has 1 aromatic rings. The van der Waals surface area contributed by atoms with Gasteiger partial charge in [-0.15, -0.1) is 0 Å². The van der Waals surface area contributed by atoms with E-state index in [1.54, 1.807) is 12.1 Å². The lowest BCUT2D eigenvalue weighted by Gasteiger charge is -2.20. The lowest BCUT2D eigenvalue weighted by molar-refractivity contribution is -0.137. The normalized spacial score (nSPS) is 12.1. The molecular weight excluding hydrogens is 270 g/mol. The van der Waals surface area contributed by atoms with Crippen molar-refractivity contribution >= 4 is 17.6 Å². The average molecular weight is 293 g/mol. The Morgan fingerprint density at radius 3 is 2.57 bits per heavy atom. The van der Waals surface area contributed by atoms with Gasteiger partial charge in [0.15, 0.2) is 0 Å². The Kier molecular flexibility index (Phi) is 6.65. The minimum Gasteiger partial charge on any atom is -0.481 e. The van der Waals surface area contributed by atoms with E-state index in [0.29, 0.717) is 30.3 Å². The summed E-state index contributed by atoms with van der Waals surface area (Å²) in [5.41, 5.74) is 6.36. The molecule has 0 bridgehead atoms. The highest BCUT2D eigenvalue weighted by atomic mass is 16.4. The van der Waals surface area contributed by atoms with E-state index in [-0.39, 0.29) is 18.2 Å². The number of nitrogens with zero attached hydrogens (tertiary/aromatic N) is 1. The maximum Gasteiger partial charge on any atom is 0.303 e. The highest BCUT2D eigenvalue weighted by Gasteiger charge is 2.15. The van der Waals surface area contributed by atoms with Crippen LogP contribution in [0.2, 0.25) is 0 Å². The largest absolute Gasteiger partial charge is 0.481 e. The number of aliphatic carboxylic acids is 1. The van der Waals surface area contributed by atoms with Gasteiger partial charge in [-0.1, -0.05) is 13.8 Å². The third-order valence-electron chi connectivity index (χ3n) is 3.49. The minimum atomic E-state index is -0.782. The van der Waals surface area contributed by atoms with E-state index < -0.39 is 5.97 Å². The van der Waals surface area contributed by atoms with Gasteiger partial charge in [0.05, 0.1) is 11.9 Å². The number of aromatic nitrogens is 1. The van der Waals surface area contributed by atoms with Crippen LogP contribution in [0.15, 0.2) is 18.3 Å². The molecule has 0 radical (unpaired) electrons. The number of carbonyl (C=O) groups is 2. The number of nitrogen functional groups attached to an aromatic ring is 1. The lowest BCUT2D eigenvalue weighted by Crippen LogP contribution is -2.27. The Hall–Kier alpha value is -2.11. The van der Waals surface area contributed by atoms with E-state index in [1.165, 1.54) is 6.20 Å². The number of nitrogens with one attached hydrogen (secondary N) is 1. The fourth-order valence-electron chi connectivity index (χ4n) is 2.12. The van der Waals surface area contributed by atoms with Crippen LogP contribution < -0.4 is 11.1 Å². The maximum absolute atomic E-state index is 11.9. The third kappa shape index (κ3) is 6.25. The van der Waals surface area contributed by atoms with E-state index in [4.69, 9.17) is 10.8 Å². The van der Waals surface area contributed by atoms with E-state index in [2.05, 4.69) is 24.1 Å². The molecule has 6 heteroatoms. The fraction of sp³-hybridized carbons (Fsp3) is 0.533. The highest BCUT2D eigenvalue weighted by molar-refractivity contribution is 5.92. The van der Waals surface area contributed by atoms with Crippen molar-refractivity contribution in [1.82, 2.24) is 10.3 Å². The summed E-state index contributed by atoms with van der Waals surface area (Å²) in [6.07, 6.45) is 2.99. The molecule has 0 saturated carbocycles. The number of hydrogen-bond acceptors (Lipinski definition) is 4. The van der Waals surface area contributed by atoms with Crippen LogP contribution in [0.25, 0.3) is 0 Å². The zero-order valence-electron chi connectivity index (χ0n) is 12.5. The zero-order chi connectivity index (χ0) is 15.8. The molecule has 0 aliphatic carbocycles. The molecule has 116 valence electrons. The third-order valence-corrected chi connectivity index (χ3v) is 3.49. The Morgan fingerprint density at radius 1 is 1.33 bits per heavy atom. The van der Waals surface area contributed by atoms with Crippen molar-refractivity contribution in [2.75, 3.05) is 12.3 Å².